The topological polar surface area (TPSA) is 76.3 Å². The van der Waals surface area contributed by atoms with Gasteiger partial charge in [0.2, 0.25) is 5.89 Å². The van der Waals surface area contributed by atoms with Crippen molar-refractivity contribution in [3.8, 4) is 0 Å². The van der Waals surface area contributed by atoms with E-state index in [0.717, 1.165) is 6.42 Å². The van der Waals surface area contributed by atoms with Gasteiger partial charge in [-0.25, -0.2) is 8.42 Å². The van der Waals surface area contributed by atoms with Gasteiger partial charge in [0.1, 0.15) is 0 Å². The number of hydrogen-bond acceptors (Lipinski definition) is 7. The van der Waals surface area contributed by atoms with Crippen molar-refractivity contribution in [2.75, 3.05) is 11.5 Å². The highest BCUT2D eigenvalue weighted by molar-refractivity contribution is 7.91. The minimum Gasteiger partial charge on any atom is -0.338 e. The normalized spacial score (nSPS) is 20.7. The van der Waals surface area contributed by atoms with Crippen molar-refractivity contribution in [3.05, 3.63) is 34.1 Å². The van der Waals surface area contributed by atoms with Crippen molar-refractivity contribution in [3.63, 3.8) is 0 Å². The molecule has 1 saturated heterocycles. The van der Waals surface area contributed by atoms with Crippen LogP contribution in [0.5, 0.6) is 0 Å². The molecule has 6 nitrogen and oxygen atoms in total. The Hall–Kier alpha value is -1.25. The third kappa shape index (κ3) is 3.74. The van der Waals surface area contributed by atoms with Crippen LogP contribution in [-0.4, -0.2) is 41.0 Å². The van der Waals surface area contributed by atoms with Crippen molar-refractivity contribution in [1.82, 2.24) is 15.0 Å². The summed E-state index contributed by atoms with van der Waals surface area (Å²) in [6, 6.07) is 4.08. The molecule has 1 atom stereocenters. The van der Waals surface area contributed by atoms with Gasteiger partial charge >= 0.3 is 0 Å². The van der Waals surface area contributed by atoms with Crippen LogP contribution in [0.2, 0.25) is 0 Å². The molecule has 0 radical (unpaired) electrons. The van der Waals surface area contributed by atoms with E-state index in [1.165, 1.54) is 4.88 Å². The molecule has 0 aromatic carbocycles. The molecule has 0 bridgehead atoms. The first kappa shape index (κ1) is 15.6. The Morgan fingerprint density at radius 1 is 1.45 bits per heavy atom. The summed E-state index contributed by atoms with van der Waals surface area (Å²) in [5, 5.41) is 5.94. The first-order valence-corrected chi connectivity index (χ1v) is 10.0. The van der Waals surface area contributed by atoms with Gasteiger partial charge in [0.25, 0.3) is 0 Å². The van der Waals surface area contributed by atoms with Crippen molar-refractivity contribution in [1.29, 1.82) is 0 Å². The van der Waals surface area contributed by atoms with Crippen LogP contribution in [0.3, 0.4) is 0 Å². The van der Waals surface area contributed by atoms with Crippen molar-refractivity contribution in [2.45, 2.75) is 38.9 Å². The molecule has 120 valence electrons. The Balaban J connectivity index is 1.76. The average molecular weight is 341 g/mol. The zero-order valence-corrected chi connectivity index (χ0v) is 14.1. The van der Waals surface area contributed by atoms with E-state index in [-0.39, 0.29) is 17.5 Å². The summed E-state index contributed by atoms with van der Waals surface area (Å²) in [5.74, 6) is 1.72. The van der Waals surface area contributed by atoms with Crippen LogP contribution in [0.25, 0.3) is 0 Å². The molecule has 0 saturated carbocycles. The molecule has 22 heavy (non-hydrogen) atoms. The van der Waals surface area contributed by atoms with Crippen molar-refractivity contribution >= 4 is 21.2 Å². The molecular weight excluding hydrogens is 322 g/mol. The maximum Gasteiger partial charge on any atom is 0.240 e. The molecule has 1 fully saturated rings. The zero-order chi connectivity index (χ0) is 15.6. The smallest absolute Gasteiger partial charge is 0.240 e. The summed E-state index contributed by atoms with van der Waals surface area (Å²) >= 11 is 1.67. The van der Waals surface area contributed by atoms with Gasteiger partial charge in [-0.3, -0.25) is 4.90 Å². The molecule has 3 heterocycles. The van der Waals surface area contributed by atoms with E-state index in [0.29, 0.717) is 31.2 Å². The lowest BCUT2D eigenvalue weighted by molar-refractivity contribution is 0.170. The number of aryl methyl sites for hydroxylation is 1. The fourth-order valence-corrected chi connectivity index (χ4v) is 5.14. The minimum absolute atomic E-state index is 0.0177. The molecule has 2 aromatic rings. The fourth-order valence-electron chi connectivity index (χ4n) is 2.65. The number of thiophene rings is 1. The van der Waals surface area contributed by atoms with Gasteiger partial charge in [-0.15, -0.1) is 11.3 Å². The van der Waals surface area contributed by atoms with E-state index in [1.54, 1.807) is 11.3 Å². The second kappa shape index (κ2) is 6.47. The first-order chi connectivity index (χ1) is 10.6. The largest absolute Gasteiger partial charge is 0.338 e. The number of rotatable bonds is 6. The third-order valence-corrected chi connectivity index (χ3v) is 6.44. The summed E-state index contributed by atoms with van der Waals surface area (Å²) in [4.78, 5) is 7.69. The van der Waals surface area contributed by atoms with Gasteiger partial charge in [0.15, 0.2) is 15.7 Å². The molecule has 0 amide bonds. The van der Waals surface area contributed by atoms with E-state index >= 15 is 0 Å². The molecule has 1 unspecified atom stereocenters. The molecule has 1 aliphatic rings. The average Bonchev–Trinajstić information content (AvgIpc) is 3.19. The Labute approximate surface area is 134 Å². The Morgan fingerprint density at radius 3 is 2.91 bits per heavy atom. The molecule has 0 aliphatic carbocycles. The Morgan fingerprint density at radius 2 is 2.32 bits per heavy atom. The van der Waals surface area contributed by atoms with Crippen LogP contribution >= 0.6 is 11.3 Å². The lowest BCUT2D eigenvalue weighted by Gasteiger charge is -2.25. The monoisotopic (exact) mass is 341 g/mol. The van der Waals surface area contributed by atoms with E-state index in [9.17, 15) is 8.42 Å². The number of aromatic nitrogens is 2. The van der Waals surface area contributed by atoms with Crippen molar-refractivity contribution in [2.24, 2.45) is 0 Å². The fraction of sp³-hybridized carbons (Fsp3) is 0.571. The minimum atomic E-state index is -2.92. The third-order valence-electron chi connectivity index (χ3n) is 3.83. The zero-order valence-electron chi connectivity index (χ0n) is 12.4. The van der Waals surface area contributed by atoms with Gasteiger partial charge in [-0.1, -0.05) is 18.1 Å². The highest BCUT2D eigenvalue weighted by Gasteiger charge is 2.33. The quantitative estimate of drug-likeness (QED) is 0.798. The molecule has 1 aliphatic heterocycles. The molecule has 8 heteroatoms. The van der Waals surface area contributed by atoms with E-state index < -0.39 is 9.84 Å². The molecular formula is C14H19N3O3S2. The van der Waals surface area contributed by atoms with Crippen molar-refractivity contribution < 1.29 is 12.9 Å². The summed E-state index contributed by atoms with van der Waals surface area (Å²) in [6.45, 7) is 3.17. The van der Waals surface area contributed by atoms with Crippen LogP contribution in [-0.2, 0) is 29.3 Å². The second-order valence-corrected chi connectivity index (χ2v) is 8.76. The lowest BCUT2D eigenvalue weighted by atomic mass is 10.2. The van der Waals surface area contributed by atoms with Crippen LogP contribution in [0, 0.1) is 0 Å². The first-order valence-electron chi connectivity index (χ1n) is 7.34. The van der Waals surface area contributed by atoms with E-state index in [2.05, 4.69) is 21.1 Å². The van der Waals surface area contributed by atoms with E-state index in [1.807, 2.05) is 18.4 Å². The summed E-state index contributed by atoms with van der Waals surface area (Å²) < 4.78 is 28.8. The van der Waals surface area contributed by atoms with Gasteiger partial charge in [0.05, 0.1) is 18.1 Å². The summed E-state index contributed by atoms with van der Waals surface area (Å²) in [6.07, 6.45) is 1.40. The van der Waals surface area contributed by atoms with Crippen LogP contribution in [0.4, 0.5) is 0 Å². The van der Waals surface area contributed by atoms with Crippen LogP contribution < -0.4 is 0 Å². The Bertz CT molecular complexity index is 710. The lowest BCUT2D eigenvalue weighted by Crippen LogP contribution is -2.35. The molecule has 0 N–H and O–H groups in total. The van der Waals surface area contributed by atoms with Crippen LogP contribution in [0.1, 0.15) is 29.9 Å². The summed E-state index contributed by atoms with van der Waals surface area (Å²) in [7, 11) is -2.92. The predicted octanol–water partition coefficient (Wildman–Crippen LogP) is 1.88. The van der Waals surface area contributed by atoms with Gasteiger partial charge in [-0.05, 0) is 17.9 Å². The highest BCUT2D eigenvalue weighted by Crippen LogP contribution is 2.23. The van der Waals surface area contributed by atoms with Crippen LogP contribution in [0.15, 0.2) is 22.0 Å². The maximum atomic E-state index is 11.8. The highest BCUT2D eigenvalue weighted by atomic mass is 32.2. The van der Waals surface area contributed by atoms with Gasteiger partial charge in [-0.2, -0.15) is 4.98 Å². The van der Waals surface area contributed by atoms with Gasteiger partial charge < -0.3 is 4.52 Å². The number of sulfone groups is 1. The molecule has 3 rings (SSSR count). The SMILES string of the molecule is CCc1noc(CN(Cc2cccs2)C2CCS(=O)(=O)C2)n1. The second-order valence-electron chi connectivity index (χ2n) is 5.50. The van der Waals surface area contributed by atoms with E-state index in [4.69, 9.17) is 4.52 Å². The predicted molar refractivity (Wildman–Crippen MR) is 84.3 cm³/mol. The summed E-state index contributed by atoms with van der Waals surface area (Å²) in [5.41, 5.74) is 0. The van der Waals surface area contributed by atoms with Gasteiger partial charge in [0, 0.05) is 23.9 Å². The Kier molecular flexibility index (Phi) is 4.60. The maximum absolute atomic E-state index is 11.8. The standard InChI is InChI=1S/C14H19N3O3S2/c1-2-13-15-14(20-16-13)9-17(8-12-4-3-6-21-12)11-5-7-22(18,19)10-11/h3-4,6,11H,2,5,7-10H2,1H3. The molecule has 0 spiro atoms. The molecule has 2 aromatic heterocycles. The number of hydrogen-bond donors (Lipinski definition) is 0. The number of nitrogens with zero attached hydrogens (tertiary/aromatic N) is 3.